The highest BCUT2D eigenvalue weighted by atomic mass is 19.3. The standard InChI is InChI=1S/C9H6F3NO6/c10-6-3(13(17)18)1-2-4(19-9(11)12)5(6)7(14)8(15)16/h1-2,7,9,14H,(H,15,16). The minimum Gasteiger partial charge on any atom is -0.479 e. The van der Waals surface area contributed by atoms with E-state index in [1.54, 1.807) is 0 Å². The van der Waals surface area contributed by atoms with Crippen LogP contribution in [0.25, 0.3) is 0 Å². The van der Waals surface area contributed by atoms with Gasteiger partial charge in [-0.05, 0) is 6.07 Å². The summed E-state index contributed by atoms with van der Waals surface area (Å²) < 4.78 is 41.6. The van der Waals surface area contributed by atoms with Crippen molar-refractivity contribution >= 4 is 11.7 Å². The molecule has 0 aliphatic rings. The number of halogens is 3. The number of hydrogen-bond acceptors (Lipinski definition) is 5. The Bertz CT molecular complexity index is 521. The average Bonchev–Trinajstić information content (AvgIpc) is 2.27. The van der Waals surface area contributed by atoms with Crippen molar-refractivity contribution in [2.75, 3.05) is 0 Å². The van der Waals surface area contributed by atoms with Gasteiger partial charge in [-0.1, -0.05) is 0 Å². The number of aliphatic hydroxyl groups is 1. The minimum atomic E-state index is -3.42. The Morgan fingerprint density at radius 2 is 2.00 bits per heavy atom. The Hall–Kier alpha value is -2.36. The van der Waals surface area contributed by atoms with E-state index < -0.39 is 46.4 Å². The van der Waals surface area contributed by atoms with Crippen molar-refractivity contribution in [3.05, 3.63) is 33.6 Å². The Labute approximate surface area is 103 Å². The van der Waals surface area contributed by atoms with Gasteiger partial charge in [-0.3, -0.25) is 10.1 Å². The third-order valence-electron chi connectivity index (χ3n) is 2.04. The molecule has 10 heteroatoms. The summed E-state index contributed by atoms with van der Waals surface area (Å²) in [6.45, 7) is -3.42. The predicted molar refractivity (Wildman–Crippen MR) is 52.3 cm³/mol. The maximum Gasteiger partial charge on any atom is 0.387 e. The molecule has 0 saturated heterocycles. The van der Waals surface area contributed by atoms with Crippen LogP contribution in [0.1, 0.15) is 11.7 Å². The summed E-state index contributed by atoms with van der Waals surface area (Å²) in [4.78, 5) is 19.8. The maximum atomic E-state index is 13.7. The summed E-state index contributed by atoms with van der Waals surface area (Å²) in [6, 6.07) is 1.10. The van der Waals surface area contributed by atoms with Crippen LogP contribution in [-0.2, 0) is 4.79 Å². The van der Waals surface area contributed by atoms with Crippen molar-refractivity contribution in [3.8, 4) is 5.75 Å². The molecule has 7 nitrogen and oxygen atoms in total. The molecule has 1 aromatic rings. The number of carboxylic acids is 1. The van der Waals surface area contributed by atoms with Gasteiger partial charge in [0.15, 0.2) is 6.10 Å². The molecule has 0 aromatic heterocycles. The van der Waals surface area contributed by atoms with E-state index in [1.807, 2.05) is 0 Å². The first kappa shape index (κ1) is 14.7. The molecule has 1 unspecified atom stereocenters. The number of benzene rings is 1. The number of hydrogen-bond donors (Lipinski definition) is 2. The first-order valence-electron chi connectivity index (χ1n) is 4.58. The lowest BCUT2D eigenvalue weighted by Gasteiger charge is -2.13. The van der Waals surface area contributed by atoms with Crippen molar-refractivity contribution in [3.63, 3.8) is 0 Å². The number of rotatable bonds is 5. The van der Waals surface area contributed by atoms with Gasteiger partial charge in [0.1, 0.15) is 5.75 Å². The Morgan fingerprint density at radius 1 is 1.42 bits per heavy atom. The molecular weight excluding hydrogens is 275 g/mol. The molecule has 1 atom stereocenters. The van der Waals surface area contributed by atoms with Crippen LogP contribution in [0.5, 0.6) is 5.75 Å². The molecule has 0 radical (unpaired) electrons. The lowest BCUT2D eigenvalue weighted by Crippen LogP contribution is -2.16. The number of nitro groups is 1. The van der Waals surface area contributed by atoms with Crippen LogP contribution in [0, 0.1) is 15.9 Å². The number of carboxylic acid groups (broad SMARTS) is 1. The van der Waals surface area contributed by atoms with Crippen molar-refractivity contribution in [2.45, 2.75) is 12.7 Å². The molecule has 0 spiro atoms. The quantitative estimate of drug-likeness (QED) is 0.624. The first-order valence-corrected chi connectivity index (χ1v) is 4.58. The molecule has 0 amide bonds. The van der Waals surface area contributed by atoms with E-state index in [-0.39, 0.29) is 0 Å². The average molecular weight is 281 g/mol. The third kappa shape index (κ3) is 3.10. The zero-order chi connectivity index (χ0) is 14.7. The van der Waals surface area contributed by atoms with Crippen LogP contribution in [-0.4, -0.2) is 27.7 Å². The summed E-state index contributed by atoms with van der Waals surface area (Å²) in [5, 5.41) is 28.2. The van der Waals surface area contributed by atoms with Crippen LogP contribution in [0.3, 0.4) is 0 Å². The van der Waals surface area contributed by atoms with Crippen molar-refractivity contribution in [1.82, 2.24) is 0 Å². The van der Waals surface area contributed by atoms with Gasteiger partial charge in [0.25, 0.3) is 0 Å². The van der Waals surface area contributed by atoms with E-state index in [0.717, 1.165) is 0 Å². The van der Waals surface area contributed by atoms with Crippen molar-refractivity contribution in [2.24, 2.45) is 0 Å². The number of alkyl halides is 2. The second-order valence-corrected chi connectivity index (χ2v) is 3.19. The fourth-order valence-electron chi connectivity index (χ4n) is 1.28. The molecular formula is C9H6F3NO6. The molecule has 0 aliphatic carbocycles. The van der Waals surface area contributed by atoms with Crippen LogP contribution in [0.15, 0.2) is 12.1 Å². The molecule has 0 saturated carbocycles. The topological polar surface area (TPSA) is 110 Å². The van der Waals surface area contributed by atoms with Gasteiger partial charge in [0.05, 0.1) is 10.5 Å². The fraction of sp³-hybridized carbons (Fsp3) is 0.222. The SMILES string of the molecule is O=C(O)C(O)c1c(OC(F)F)ccc([N+](=O)[O-])c1F. The van der Waals surface area contributed by atoms with Crippen molar-refractivity contribution in [1.29, 1.82) is 0 Å². The molecule has 19 heavy (non-hydrogen) atoms. The largest absolute Gasteiger partial charge is 0.479 e. The number of nitrogens with zero attached hydrogens (tertiary/aromatic N) is 1. The van der Waals surface area contributed by atoms with Gasteiger partial charge in [0.2, 0.25) is 5.82 Å². The lowest BCUT2D eigenvalue weighted by atomic mass is 10.1. The molecule has 0 fully saturated rings. The number of ether oxygens (including phenoxy) is 1. The van der Waals surface area contributed by atoms with E-state index in [0.29, 0.717) is 12.1 Å². The fourth-order valence-corrected chi connectivity index (χ4v) is 1.28. The van der Waals surface area contributed by atoms with Crippen LogP contribution in [0.4, 0.5) is 18.9 Å². The van der Waals surface area contributed by atoms with E-state index in [4.69, 9.17) is 5.11 Å². The minimum absolute atomic E-state index is 0.519. The van der Waals surface area contributed by atoms with Gasteiger partial charge in [0, 0.05) is 6.07 Å². The second kappa shape index (κ2) is 5.52. The summed E-state index contributed by atoms with van der Waals surface area (Å²) >= 11 is 0. The molecule has 1 rings (SSSR count). The summed E-state index contributed by atoms with van der Waals surface area (Å²) in [5.74, 6) is -4.72. The third-order valence-corrected chi connectivity index (χ3v) is 2.04. The highest BCUT2D eigenvalue weighted by molar-refractivity contribution is 5.76. The number of aliphatic carboxylic acids is 1. The normalized spacial score (nSPS) is 12.3. The van der Waals surface area contributed by atoms with Gasteiger partial charge in [-0.2, -0.15) is 13.2 Å². The zero-order valence-corrected chi connectivity index (χ0v) is 8.92. The van der Waals surface area contributed by atoms with E-state index in [2.05, 4.69) is 4.74 Å². The predicted octanol–water partition coefficient (Wildman–Crippen LogP) is 1.45. The van der Waals surface area contributed by atoms with E-state index in [1.165, 1.54) is 0 Å². The van der Waals surface area contributed by atoms with Crippen LogP contribution < -0.4 is 4.74 Å². The maximum absolute atomic E-state index is 13.7. The summed E-state index contributed by atoms with van der Waals surface area (Å²) in [6.07, 6.45) is -2.58. The highest BCUT2D eigenvalue weighted by Crippen LogP contribution is 2.34. The highest BCUT2D eigenvalue weighted by Gasteiger charge is 2.31. The Morgan fingerprint density at radius 3 is 2.42 bits per heavy atom. The monoisotopic (exact) mass is 281 g/mol. The zero-order valence-electron chi connectivity index (χ0n) is 8.92. The molecule has 0 bridgehead atoms. The molecule has 2 N–H and O–H groups in total. The van der Waals surface area contributed by atoms with Gasteiger partial charge >= 0.3 is 18.3 Å². The summed E-state index contributed by atoms with van der Waals surface area (Å²) in [7, 11) is 0. The number of aliphatic hydroxyl groups excluding tert-OH is 1. The molecule has 1 aromatic carbocycles. The second-order valence-electron chi connectivity index (χ2n) is 3.19. The van der Waals surface area contributed by atoms with Crippen LogP contribution >= 0.6 is 0 Å². The smallest absolute Gasteiger partial charge is 0.387 e. The first-order chi connectivity index (χ1) is 8.75. The van der Waals surface area contributed by atoms with Crippen molar-refractivity contribution < 1.29 is 37.8 Å². The van der Waals surface area contributed by atoms with E-state index in [9.17, 15) is 33.2 Å². The summed E-state index contributed by atoms with van der Waals surface area (Å²) in [5.41, 5.74) is -2.40. The molecule has 104 valence electrons. The number of carbonyl (C=O) groups is 1. The Balaban J connectivity index is 3.45. The Kier molecular flexibility index (Phi) is 4.27. The van der Waals surface area contributed by atoms with Gasteiger partial charge < -0.3 is 14.9 Å². The molecule has 0 aliphatic heterocycles. The van der Waals surface area contributed by atoms with E-state index >= 15 is 0 Å². The van der Waals surface area contributed by atoms with Gasteiger partial charge in [-0.25, -0.2) is 4.79 Å². The lowest BCUT2D eigenvalue weighted by molar-refractivity contribution is -0.387. The van der Waals surface area contributed by atoms with Crippen LogP contribution in [0.2, 0.25) is 0 Å². The number of nitro benzene ring substituents is 1. The van der Waals surface area contributed by atoms with Gasteiger partial charge in [-0.15, -0.1) is 0 Å². The molecule has 0 heterocycles.